The van der Waals surface area contributed by atoms with Crippen molar-refractivity contribution in [2.45, 2.75) is 57.9 Å². The van der Waals surface area contributed by atoms with E-state index in [0.29, 0.717) is 30.6 Å². The second-order valence-corrected chi connectivity index (χ2v) is 7.68. The van der Waals surface area contributed by atoms with Crippen LogP contribution in [0.5, 0.6) is 0 Å². The van der Waals surface area contributed by atoms with E-state index < -0.39 is 0 Å². The van der Waals surface area contributed by atoms with Crippen molar-refractivity contribution in [1.29, 1.82) is 0 Å². The average Bonchev–Trinajstić information content (AvgIpc) is 3.19. The number of fused-ring (bicyclic) bond motifs is 1. The molecule has 2 aliphatic heterocycles. The largest absolute Gasteiger partial charge is 0.354 e. The maximum absolute atomic E-state index is 12.3. The van der Waals surface area contributed by atoms with E-state index in [2.05, 4.69) is 12.2 Å². The molecule has 0 aromatic heterocycles. The summed E-state index contributed by atoms with van der Waals surface area (Å²) in [5.41, 5.74) is 0.777. The topological polar surface area (TPSA) is 86.8 Å². The lowest BCUT2D eigenvalue weighted by molar-refractivity contribution is -0.129. The lowest BCUT2D eigenvalue weighted by Crippen LogP contribution is -2.40. The van der Waals surface area contributed by atoms with Crippen molar-refractivity contribution in [3.8, 4) is 0 Å². The van der Waals surface area contributed by atoms with Crippen LogP contribution in [0.2, 0.25) is 0 Å². The third-order valence-electron chi connectivity index (χ3n) is 5.71. The summed E-state index contributed by atoms with van der Waals surface area (Å²) in [6.07, 6.45) is 6.02. The first kappa shape index (κ1) is 21.0. The lowest BCUT2D eigenvalue weighted by Gasteiger charge is -2.25. The van der Waals surface area contributed by atoms with Gasteiger partial charge in [-0.15, -0.1) is 0 Å². The minimum Gasteiger partial charge on any atom is -0.354 e. The fourth-order valence-electron chi connectivity index (χ4n) is 4.09. The van der Waals surface area contributed by atoms with Gasteiger partial charge in [0.25, 0.3) is 11.8 Å². The molecule has 0 spiro atoms. The molecule has 2 heterocycles. The van der Waals surface area contributed by atoms with Crippen molar-refractivity contribution in [3.05, 3.63) is 35.4 Å². The van der Waals surface area contributed by atoms with Crippen LogP contribution in [0.15, 0.2) is 24.3 Å². The summed E-state index contributed by atoms with van der Waals surface area (Å²) in [4.78, 5) is 51.9. The Kier molecular flexibility index (Phi) is 7.01. The summed E-state index contributed by atoms with van der Waals surface area (Å²) >= 11 is 0. The van der Waals surface area contributed by atoms with Crippen molar-refractivity contribution >= 4 is 23.6 Å². The fraction of sp³-hybridized carbons (Fsp3) is 0.545. The molecule has 1 aromatic carbocycles. The van der Waals surface area contributed by atoms with Crippen molar-refractivity contribution in [2.24, 2.45) is 0 Å². The predicted molar refractivity (Wildman–Crippen MR) is 108 cm³/mol. The molecule has 1 saturated heterocycles. The smallest absolute Gasteiger partial charge is 0.261 e. The van der Waals surface area contributed by atoms with Crippen LogP contribution in [-0.4, -0.2) is 59.1 Å². The molecular weight excluding hydrogens is 370 g/mol. The standard InChI is InChI=1S/C22H29N3O4/c1-2-3-4-7-16-10-11-20(27)24(16)15-13-23-19(26)12-14-25-21(28)17-8-5-6-9-18(17)22(25)29/h5-6,8-9,16H,2-4,7,10-15H2,1H3,(H,23,26). The summed E-state index contributed by atoms with van der Waals surface area (Å²) in [6, 6.07) is 6.97. The van der Waals surface area contributed by atoms with Crippen LogP contribution in [-0.2, 0) is 9.59 Å². The minimum atomic E-state index is -0.351. The van der Waals surface area contributed by atoms with Gasteiger partial charge in [-0.25, -0.2) is 0 Å². The number of nitrogens with zero attached hydrogens (tertiary/aromatic N) is 2. The van der Waals surface area contributed by atoms with E-state index in [1.807, 2.05) is 4.90 Å². The maximum atomic E-state index is 12.3. The number of hydrogen-bond acceptors (Lipinski definition) is 4. The van der Waals surface area contributed by atoms with Gasteiger partial charge in [-0.1, -0.05) is 38.3 Å². The zero-order valence-electron chi connectivity index (χ0n) is 17.0. The van der Waals surface area contributed by atoms with E-state index in [1.165, 1.54) is 6.42 Å². The Bertz CT molecular complexity index is 757. The van der Waals surface area contributed by atoms with Gasteiger partial charge in [0.15, 0.2) is 0 Å². The third kappa shape index (κ3) is 4.83. The van der Waals surface area contributed by atoms with Gasteiger partial charge in [0.2, 0.25) is 11.8 Å². The Morgan fingerprint density at radius 2 is 1.76 bits per heavy atom. The molecule has 1 aromatic rings. The molecule has 1 unspecified atom stereocenters. The lowest BCUT2D eigenvalue weighted by atomic mass is 10.1. The van der Waals surface area contributed by atoms with E-state index in [1.54, 1.807) is 24.3 Å². The van der Waals surface area contributed by atoms with E-state index in [9.17, 15) is 19.2 Å². The first-order chi connectivity index (χ1) is 14.0. The SMILES string of the molecule is CCCCCC1CCC(=O)N1CCNC(=O)CCN1C(=O)c2ccccc2C1=O. The van der Waals surface area contributed by atoms with Crippen LogP contribution in [0.25, 0.3) is 0 Å². The highest BCUT2D eigenvalue weighted by molar-refractivity contribution is 6.21. The molecule has 1 N–H and O–H groups in total. The van der Waals surface area contributed by atoms with Gasteiger partial charge < -0.3 is 10.2 Å². The average molecular weight is 399 g/mol. The van der Waals surface area contributed by atoms with Crippen molar-refractivity contribution < 1.29 is 19.2 Å². The van der Waals surface area contributed by atoms with Crippen LogP contribution < -0.4 is 5.32 Å². The van der Waals surface area contributed by atoms with E-state index in [4.69, 9.17) is 0 Å². The molecule has 7 heteroatoms. The summed E-state index contributed by atoms with van der Waals surface area (Å²) in [7, 11) is 0. The molecule has 0 radical (unpaired) electrons. The quantitative estimate of drug-likeness (QED) is 0.483. The second kappa shape index (κ2) is 9.67. The van der Waals surface area contributed by atoms with Gasteiger partial charge in [-0.05, 0) is 25.0 Å². The summed E-state index contributed by atoms with van der Waals surface area (Å²) in [6.45, 7) is 3.11. The number of nitrogens with one attached hydrogen (secondary N) is 1. The number of benzene rings is 1. The molecule has 7 nitrogen and oxygen atoms in total. The first-order valence-corrected chi connectivity index (χ1v) is 10.5. The molecule has 0 saturated carbocycles. The van der Waals surface area contributed by atoms with Crippen LogP contribution in [0.4, 0.5) is 0 Å². The summed E-state index contributed by atoms with van der Waals surface area (Å²) in [5, 5.41) is 2.81. The number of rotatable bonds is 10. The van der Waals surface area contributed by atoms with Crippen LogP contribution in [0.1, 0.15) is 72.6 Å². The molecule has 3 rings (SSSR count). The number of carbonyl (C=O) groups excluding carboxylic acids is 4. The van der Waals surface area contributed by atoms with Gasteiger partial charge in [0.1, 0.15) is 0 Å². The first-order valence-electron chi connectivity index (χ1n) is 10.5. The molecule has 4 amide bonds. The normalized spacial score (nSPS) is 18.5. The number of likely N-dealkylation sites (tertiary alicyclic amines) is 1. The third-order valence-corrected chi connectivity index (χ3v) is 5.71. The predicted octanol–water partition coefficient (Wildman–Crippen LogP) is 2.36. The highest BCUT2D eigenvalue weighted by atomic mass is 16.2. The monoisotopic (exact) mass is 399 g/mol. The Labute approximate surface area is 171 Å². The van der Waals surface area contributed by atoms with Gasteiger partial charge in [-0.2, -0.15) is 0 Å². The number of carbonyl (C=O) groups is 4. The number of amides is 4. The van der Waals surface area contributed by atoms with E-state index >= 15 is 0 Å². The van der Waals surface area contributed by atoms with Gasteiger partial charge >= 0.3 is 0 Å². The molecule has 0 aliphatic carbocycles. The fourth-order valence-corrected chi connectivity index (χ4v) is 4.09. The number of unbranched alkanes of at least 4 members (excludes halogenated alkanes) is 2. The van der Waals surface area contributed by atoms with Crippen molar-refractivity contribution in [3.63, 3.8) is 0 Å². The Hall–Kier alpha value is -2.70. The van der Waals surface area contributed by atoms with Crippen molar-refractivity contribution in [2.75, 3.05) is 19.6 Å². The Balaban J connectivity index is 1.41. The number of imide groups is 1. The van der Waals surface area contributed by atoms with Gasteiger partial charge in [0.05, 0.1) is 11.1 Å². The van der Waals surface area contributed by atoms with E-state index in [0.717, 1.165) is 30.6 Å². The highest BCUT2D eigenvalue weighted by Crippen LogP contribution is 2.23. The van der Waals surface area contributed by atoms with Gasteiger partial charge in [-0.3, -0.25) is 24.1 Å². The van der Waals surface area contributed by atoms with E-state index in [-0.39, 0.29) is 42.6 Å². The molecular formula is C22H29N3O4. The minimum absolute atomic E-state index is 0.0549. The second-order valence-electron chi connectivity index (χ2n) is 7.68. The molecule has 29 heavy (non-hydrogen) atoms. The van der Waals surface area contributed by atoms with Gasteiger partial charge in [0, 0.05) is 38.5 Å². The molecule has 156 valence electrons. The molecule has 0 bridgehead atoms. The van der Waals surface area contributed by atoms with Crippen LogP contribution >= 0.6 is 0 Å². The Morgan fingerprint density at radius 3 is 2.41 bits per heavy atom. The molecule has 2 aliphatic rings. The highest BCUT2D eigenvalue weighted by Gasteiger charge is 2.35. The van der Waals surface area contributed by atoms with Crippen LogP contribution in [0.3, 0.4) is 0 Å². The summed E-state index contributed by atoms with van der Waals surface area (Å²) in [5.74, 6) is -0.769. The zero-order valence-corrected chi connectivity index (χ0v) is 17.0. The molecule has 1 atom stereocenters. The maximum Gasteiger partial charge on any atom is 0.261 e. The number of hydrogen-bond donors (Lipinski definition) is 1. The summed E-state index contributed by atoms with van der Waals surface area (Å²) < 4.78 is 0. The van der Waals surface area contributed by atoms with Crippen LogP contribution in [0, 0.1) is 0 Å². The Morgan fingerprint density at radius 1 is 1.07 bits per heavy atom. The molecule has 1 fully saturated rings. The van der Waals surface area contributed by atoms with Crippen molar-refractivity contribution in [1.82, 2.24) is 15.1 Å². The zero-order chi connectivity index (χ0) is 20.8.